The number of ether oxygens (including phenoxy) is 7. The van der Waals surface area contributed by atoms with E-state index in [2.05, 4.69) is 166 Å². The average molecular weight is 1160 g/mol. The molecule has 1 unspecified atom stereocenters. The lowest BCUT2D eigenvalue weighted by Gasteiger charge is -2.26. The molecule has 86 heavy (non-hydrogen) atoms. The number of unbranched alkanes of at least 4 members (excludes halogenated alkanes) is 3. The number of aromatic nitrogens is 4. The second-order valence-electron chi connectivity index (χ2n) is 22.9. The van der Waals surface area contributed by atoms with Gasteiger partial charge in [0.25, 0.3) is 0 Å². The molecule has 0 amide bonds. The van der Waals surface area contributed by atoms with E-state index in [4.69, 9.17) is 43.1 Å². The van der Waals surface area contributed by atoms with Crippen molar-refractivity contribution < 1.29 is 33.2 Å². The third-order valence-electron chi connectivity index (χ3n) is 16.9. The fourth-order valence-corrected chi connectivity index (χ4v) is 12.3. The molecule has 3 aromatic heterocycles. The summed E-state index contributed by atoms with van der Waals surface area (Å²) >= 11 is 0. The molecular formula is C72H83N7O7. The molecule has 0 radical (unpaired) electrons. The Balaban J connectivity index is 1.02. The molecule has 14 nitrogen and oxygen atoms in total. The molecule has 3 fully saturated rings. The first-order valence-corrected chi connectivity index (χ1v) is 31.5. The summed E-state index contributed by atoms with van der Waals surface area (Å²) in [4.78, 5) is 26.4. The number of rotatable bonds is 25. The highest BCUT2D eigenvalue weighted by atomic mass is 16.5. The van der Waals surface area contributed by atoms with Gasteiger partial charge in [0.1, 0.15) is 42.8 Å². The van der Waals surface area contributed by atoms with E-state index in [0.717, 1.165) is 230 Å². The highest BCUT2D eigenvalue weighted by Crippen LogP contribution is 2.40. The summed E-state index contributed by atoms with van der Waals surface area (Å²) in [6, 6.07) is 42.6. The van der Waals surface area contributed by atoms with Crippen LogP contribution in [-0.2, 0) is 14.2 Å². The van der Waals surface area contributed by atoms with Crippen LogP contribution < -0.4 is 18.9 Å². The first-order valence-electron chi connectivity index (χ1n) is 31.5. The van der Waals surface area contributed by atoms with E-state index in [9.17, 15) is 0 Å². The Hall–Kier alpha value is -7.56. The lowest BCUT2D eigenvalue weighted by atomic mass is 10.0. The standard InChI is InChI=1S/C72H83N7O7/c1-3-5-6-7-15-56(11-4-2)86-57-21-19-52(20-22-57)69-61-23-25-63(73-61)70(53-12-8-16-58(49-53)83-46-37-77-31-40-80-41-32-77)65-27-29-67(75-65)72(55-14-10-18-60(51-55)85-48-39-79-35-44-82-45-36-79)68-30-28-66(76-68)71(64-26-24-62(69)74-64)54-13-9-17-59(50-54)84-47-38-78-33-42-81-43-34-78/h8-10,12-14,16-30,49-51,56,73,76H,3-7,11,15,31-48H2,1-2H3. The second kappa shape index (κ2) is 29.2. The van der Waals surface area contributed by atoms with Crippen molar-refractivity contribution >= 4 is 46.4 Å². The van der Waals surface area contributed by atoms with Crippen LogP contribution in [0.5, 0.6) is 23.0 Å². The predicted molar refractivity (Wildman–Crippen MR) is 347 cm³/mol. The van der Waals surface area contributed by atoms with Crippen LogP contribution in [0.2, 0.25) is 0 Å². The summed E-state index contributed by atoms with van der Waals surface area (Å²) in [7, 11) is 0. The van der Waals surface area contributed by atoms with Crippen molar-refractivity contribution in [2.75, 3.05) is 118 Å². The molecule has 448 valence electrons. The zero-order chi connectivity index (χ0) is 58.3. The molecule has 0 spiro atoms. The molecule has 8 heterocycles. The smallest absolute Gasteiger partial charge is 0.119 e. The molecule has 2 N–H and O–H groups in total. The number of aromatic amines is 2. The summed E-state index contributed by atoms with van der Waals surface area (Å²) in [5.74, 6) is 3.27. The van der Waals surface area contributed by atoms with Crippen LogP contribution in [0.4, 0.5) is 0 Å². The molecule has 5 aliphatic rings. The molecule has 7 aromatic rings. The van der Waals surface area contributed by atoms with Crippen molar-refractivity contribution in [2.45, 2.75) is 64.9 Å². The van der Waals surface area contributed by atoms with Gasteiger partial charge in [-0.25, -0.2) is 9.97 Å². The fourth-order valence-electron chi connectivity index (χ4n) is 12.3. The highest BCUT2D eigenvalue weighted by Gasteiger charge is 2.22. The van der Waals surface area contributed by atoms with Gasteiger partial charge in [-0.3, -0.25) is 14.7 Å². The number of hydrogen-bond donors (Lipinski definition) is 2. The molecule has 8 bridgehead atoms. The molecule has 0 saturated carbocycles. The first-order chi connectivity index (χ1) is 42.5. The van der Waals surface area contributed by atoms with Crippen molar-refractivity contribution in [2.24, 2.45) is 0 Å². The van der Waals surface area contributed by atoms with Gasteiger partial charge in [0.2, 0.25) is 0 Å². The number of morpholine rings is 3. The van der Waals surface area contributed by atoms with E-state index in [1.165, 1.54) is 25.7 Å². The van der Waals surface area contributed by atoms with Gasteiger partial charge in [-0.2, -0.15) is 0 Å². The van der Waals surface area contributed by atoms with E-state index < -0.39 is 0 Å². The van der Waals surface area contributed by atoms with Gasteiger partial charge in [0.15, 0.2) is 0 Å². The Labute approximate surface area is 506 Å². The van der Waals surface area contributed by atoms with Crippen LogP contribution in [0.1, 0.15) is 81.6 Å². The van der Waals surface area contributed by atoms with E-state index in [1.807, 2.05) is 18.2 Å². The van der Waals surface area contributed by atoms with Crippen LogP contribution >= 0.6 is 0 Å². The minimum absolute atomic E-state index is 0.177. The van der Waals surface area contributed by atoms with E-state index in [-0.39, 0.29) is 6.10 Å². The van der Waals surface area contributed by atoms with Crippen LogP contribution in [0.3, 0.4) is 0 Å². The van der Waals surface area contributed by atoms with Gasteiger partial charge in [-0.05, 0) is 139 Å². The normalized spacial score (nSPS) is 16.1. The van der Waals surface area contributed by atoms with Gasteiger partial charge < -0.3 is 43.1 Å². The van der Waals surface area contributed by atoms with Gasteiger partial charge in [0, 0.05) is 103 Å². The largest absolute Gasteiger partial charge is 0.492 e. The molecule has 0 aliphatic carbocycles. The third kappa shape index (κ3) is 14.8. The summed E-state index contributed by atoms with van der Waals surface area (Å²) in [6.45, 7) is 18.6. The second-order valence-corrected chi connectivity index (χ2v) is 22.9. The predicted octanol–water partition coefficient (Wildman–Crippen LogP) is 14.0. The minimum Gasteiger partial charge on any atom is -0.492 e. The summed E-state index contributed by atoms with van der Waals surface area (Å²) in [5, 5.41) is 0. The molecule has 1 atom stereocenters. The monoisotopic (exact) mass is 1160 g/mol. The average Bonchev–Trinajstić information content (AvgIpc) is 1.93. The number of nitrogens with one attached hydrogen (secondary N) is 2. The topological polar surface area (TPSA) is 132 Å². The molecule has 14 heteroatoms. The maximum atomic E-state index is 6.76. The number of H-pyrrole nitrogens is 2. The molecule has 12 rings (SSSR count). The van der Waals surface area contributed by atoms with Gasteiger partial charge >= 0.3 is 0 Å². The summed E-state index contributed by atoms with van der Waals surface area (Å²) < 4.78 is 43.2. The van der Waals surface area contributed by atoms with Crippen molar-refractivity contribution in [3.63, 3.8) is 0 Å². The summed E-state index contributed by atoms with van der Waals surface area (Å²) in [5.41, 5.74) is 14.7. The van der Waals surface area contributed by atoms with E-state index in [0.29, 0.717) is 19.8 Å². The van der Waals surface area contributed by atoms with E-state index in [1.54, 1.807) is 0 Å². The Kier molecular flexibility index (Phi) is 20.0. The van der Waals surface area contributed by atoms with Crippen molar-refractivity contribution in [3.8, 4) is 67.5 Å². The van der Waals surface area contributed by atoms with Crippen molar-refractivity contribution in [1.82, 2.24) is 34.6 Å². The third-order valence-corrected chi connectivity index (χ3v) is 16.9. The van der Waals surface area contributed by atoms with Crippen molar-refractivity contribution in [3.05, 3.63) is 144 Å². The maximum absolute atomic E-state index is 6.76. The number of benzene rings is 4. The van der Waals surface area contributed by atoms with Gasteiger partial charge in [-0.1, -0.05) is 88.1 Å². The Morgan fingerprint density at radius 1 is 0.407 bits per heavy atom. The summed E-state index contributed by atoms with van der Waals surface area (Å²) in [6.07, 6.45) is 16.8. The van der Waals surface area contributed by atoms with E-state index >= 15 is 0 Å². The maximum Gasteiger partial charge on any atom is 0.119 e. The molecule has 3 saturated heterocycles. The van der Waals surface area contributed by atoms with Crippen LogP contribution in [-0.4, -0.2) is 159 Å². The van der Waals surface area contributed by atoms with Crippen LogP contribution in [0.15, 0.2) is 121 Å². The van der Waals surface area contributed by atoms with Crippen molar-refractivity contribution in [1.29, 1.82) is 0 Å². The Bertz CT molecular complexity index is 3550. The lowest BCUT2D eigenvalue weighted by molar-refractivity contribution is 0.0322. The Morgan fingerprint density at radius 2 is 0.791 bits per heavy atom. The highest BCUT2D eigenvalue weighted by molar-refractivity contribution is 6.00. The van der Waals surface area contributed by atoms with Crippen LogP contribution in [0.25, 0.3) is 90.9 Å². The minimum atomic E-state index is 0.177. The number of nitrogens with zero attached hydrogens (tertiary/aromatic N) is 5. The van der Waals surface area contributed by atoms with Gasteiger partial charge in [0.05, 0.1) is 68.5 Å². The quantitative estimate of drug-likeness (QED) is 0.0528. The first kappa shape index (κ1) is 58.8. The molecule has 5 aliphatic heterocycles. The zero-order valence-corrected chi connectivity index (χ0v) is 50.2. The zero-order valence-electron chi connectivity index (χ0n) is 50.2. The molecule has 4 aromatic carbocycles. The Morgan fingerprint density at radius 3 is 1.16 bits per heavy atom. The van der Waals surface area contributed by atoms with Gasteiger partial charge in [-0.15, -0.1) is 0 Å². The number of hydrogen-bond acceptors (Lipinski definition) is 12. The van der Waals surface area contributed by atoms with Crippen LogP contribution in [0, 0.1) is 0 Å². The lowest BCUT2D eigenvalue weighted by Crippen LogP contribution is -2.38. The molecular weight excluding hydrogens is 1070 g/mol. The SMILES string of the molecule is CCCCCCC(CCC)Oc1ccc(-c2c3nc(c(-c4cccc(OCCN5CCOCC5)c4)c4ccc([nH]4)c(-c4cccc(OCCN5CCOCC5)c4)c4nc(c(-c5cccc(OCCN6CCOCC6)c5)c5ccc2[nH]5)C=C4)C=C3)cc1. The number of fused-ring (bicyclic) bond motifs is 8. The fraction of sp³-hybridized carbons (Fsp3) is 0.389.